The molecule has 0 amide bonds. The average Bonchev–Trinajstić information content (AvgIpc) is 2.62. The van der Waals surface area contributed by atoms with Gasteiger partial charge < -0.3 is 5.32 Å². The lowest BCUT2D eigenvalue weighted by Gasteiger charge is -2.11. The Kier molecular flexibility index (Phi) is 5.53. The summed E-state index contributed by atoms with van der Waals surface area (Å²) in [5.74, 6) is 0.785. The van der Waals surface area contributed by atoms with Gasteiger partial charge in [0.1, 0.15) is 0 Å². The molecule has 1 rings (SSSR count). The first-order valence-corrected chi connectivity index (χ1v) is 6.33. The lowest BCUT2D eigenvalue weighted by Crippen LogP contribution is -2.23. The summed E-state index contributed by atoms with van der Waals surface area (Å²) in [6.45, 7) is 10.8. The van der Waals surface area contributed by atoms with Crippen molar-refractivity contribution in [1.82, 2.24) is 15.1 Å². The van der Waals surface area contributed by atoms with Gasteiger partial charge in [0, 0.05) is 25.3 Å². The molecular weight excluding hydrogens is 198 g/mol. The van der Waals surface area contributed by atoms with E-state index in [4.69, 9.17) is 0 Å². The highest BCUT2D eigenvalue weighted by molar-refractivity contribution is 5.00. The van der Waals surface area contributed by atoms with Gasteiger partial charge in [-0.3, -0.25) is 4.68 Å². The monoisotopic (exact) mass is 223 g/mol. The standard InChI is InChI=1S/C13H25N3/c1-11(2)6-5-9-16-13(7-8-15-16)10-14-12(3)4/h7-8,11-12,14H,5-6,9-10H2,1-4H3. The lowest BCUT2D eigenvalue weighted by atomic mass is 10.1. The third-order valence-corrected chi connectivity index (χ3v) is 2.65. The molecule has 0 radical (unpaired) electrons. The van der Waals surface area contributed by atoms with Gasteiger partial charge >= 0.3 is 0 Å². The molecule has 92 valence electrons. The highest BCUT2D eigenvalue weighted by atomic mass is 15.3. The SMILES string of the molecule is CC(C)CCCn1nccc1CNC(C)C. The van der Waals surface area contributed by atoms with E-state index in [0.29, 0.717) is 6.04 Å². The Morgan fingerprint density at radius 3 is 2.69 bits per heavy atom. The number of rotatable bonds is 7. The van der Waals surface area contributed by atoms with E-state index < -0.39 is 0 Å². The molecule has 0 aliphatic heterocycles. The smallest absolute Gasteiger partial charge is 0.0522 e. The van der Waals surface area contributed by atoms with Crippen molar-refractivity contribution in [3.8, 4) is 0 Å². The van der Waals surface area contributed by atoms with Crippen molar-refractivity contribution in [3.05, 3.63) is 18.0 Å². The van der Waals surface area contributed by atoms with E-state index in [1.165, 1.54) is 18.5 Å². The minimum absolute atomic E-state index is 0.527. The first-order chi connectivity index (χ1) is 7.59. The molecule has 3 nitrogen and oxygen atoms in total. The molecule has 0 saturated carbocycles. The van der Waals surface area contributed by atoms with Crippen LogP contribution in [-0.2, 0) is 13.1 Å². The van der Waals surface area contributed by atoms with Gasteiger partial charge in [-0.1, -0.05) is 27.7 Å². The van der Waals surface area contributed by atoms with Crippen LogP contribution in [0.4, 0.5) is 0 Å². The summed E-state index contributed by atoms with van der Waals surface area (Å²) >= 11 is 0. The van der Waals surface area contributed by atoms with Crippen LogP contribution in [0.1, 0.15) is 46.2 Å². The maximum absolute atomic E-state index is 4.37. The minimum Gasteiger partial charge on any atom is -0.309 e. The van der Waals surface area contributed by atoms with Gasteiger partial charge in [-0.05, 0) is 24.8 Å². The molecule has 0 aliphatic carbocycles. The van der Waals surface area contributed by atoms with Crippen molar-refractivity contribution >= 4 is 0 Å². The van der Waals surface area contributed by atoms with E-state index in [2.05, 4.69) is 48.9 Å². The fourth-order valence-electron chi connectivity index (χ4n) is 1.67. The molecule has 1 heterocycles. The predicted octanol–water partition coefficient (Wildman–Crippen LogP) is 2.82. The third-order valence-electron chi connectivity index (χ3n) is 2.65. The Labute approximate surface area is 99.2 Å². The van der Waals surface area contributed by atoms with Crippen molar-refractivity contribution in [1.29, 1.82) is 0 Å². The van der Waals surface area contributed by atoms with Crippen molar-refractivity contribution in [3.63, 3.8) is 0 Å². The second kappa shape index (κ2) is 6.69. The van der Waals surface area contributed by atoms with E-state index in [1.54, 1.807) is 0 Å². The summed E-state index contributed by atoms with van der Waals surface area (Å²) in [5.41, 5.74) is 1.29. The number of hydrogen-bond acceptors (Lipinski definition) is 2. The molecule has 0 saturated heterocycles. The van der Waals surface area contributed by atoms with Crippen LogP contribution in [0.25, 0.3) is 0 Å². The Hall–Kier alpha value is -0.830. The molecule has 0 unspecified atom stereocenters. The summed E-state index contributed by atoms with van der Waals surface area (Å²) in [6, 6.07) is 2.63. The summed E-state index contributed by atoms with van der Waals surface area (Å²) in [6.07, 6.45) is 4.39. The molecular formula is C13H25N3. The number of aryl methyl sites for hydroxylation is 1. The summed E-state index contributed by atoms with van der Waals surface area (Å²) in [7, 11) is 0. The van der Waals surface area contributed by atoms with Crippen LogP contribution in [0.5, 0.6) is 0 Å². The largest absolute Gasteiger partial charge is 0.309 e. The fraction of sp³-hybridized carbons (Fsp3) is 0.769. The van der Waals surface area contributed by atoms with E-state index in [1.807, 2.05) is 6.20 Å². The highest BCUT2D eigenvalue weighted by Gasteiger charge is 2.03. The number of nitrogens with one attached hydrogen (secondary N) is 1. The Morgan fingerprint density at radius 1 is 1.31 bits per heavy atom. The number of hydrogen-bond donors (Lipinski definition) is 1. The summed E-state index contributed by atoms with van der Waals surface area (Å²) < 4.78 is 2.12. The first-order valence-electron chi connectivity index (χ1n) is 6.33. The molecule has 1 aromatic rings. The van der Waals surface area contributed by atoms with E-state index in [-0.39, 0.29) is 0 Å². The molecule has 0 bridgehead atoms. The number of aromatic nitrogens is 2. The number of nitrogens with zero attached hydrogens (tertiary/aromatic N) is 2. The molecule has 0 aliphatic rings. The zero-order chi connectivity index (χ0) is 12.0. The van der Waals surface area contributed by atoms with Crippen molar-refractivity contribution in [2.24, 2.45) is 5.92 Å². The van der Waals surface area contributed by atoms with Gasteiger partial charge in [-0.15, -0.1) is 0 Å². The quantitative estimate of drug-likeness (QED) is 0.770. The Bertz CT molecular complexity index is 289. The zero-order valence-electron chi connectivity index (χ0n) is 11.0. The van der Waals surface area contributed by atoms with Gasteiger partial charge in [-0.25, -0.2) is 0 Å². The van der Waals surface area contributed by atoms with Crippen LogP contribution in [0.15, 0.2) is 12.3 Å². The zero-order valence-corrected chi connectivity index (χ0v) is 11.0. The molecule has 0 spiro atoms. The summed E-state index contributed by atoms with van der Waals surface area (Å²) in [4.78, 5) is 0. The topological polar surface area (TPSA) is 29.9 Å². The van der Waals surface area contributed by atoms with Crippen LogP contribution in [-0.4, -0.2) is 15.8 Å². The molecule has 16 heavy (non-hydrogen) atoms. The van der Waals surface area contributed by atoms with Crippen LogP contribution >= 0.6 is 0 Å². The molecule has 0 atom stereocenters. The fourth-order valence-corrected chi connectivity index (χ4v) is 1.67. The Morgan fingerprint density at radius 2 is 2.06 bits per heavy atom. The van der Waals surface area contributed by atoms with E-state index in [0.717, 1.165) is 19.0 Å². The highest BCUT2D eigenvalue weighted by Crippen LogP contribution is 2.07. The van der Waals surface area contributed by atoms with Gasteiger partial charge in [0.2, 0.25) is 0 Å². The minimum atomic E-state index is 0.527. The van der Waals surface area contributed by atoms with Crippen molar-refractivity contribution in [2.45, 2.75) is 59.7 Å². The molecule has 0 aromatic carbocycles. The predicted molar refractivity (Wildman–Crippen MR) is 68.3 cm³/mol. The van der Waals surface area contributed by atoms with Crippen LogP contribution in [0.3, 0.4) is 0 Å². The van der Waals surface area contributed by atoms with Gasteiger partial charge in [0.05, 0.1) is 5.69 Å². The van der Waals surface area contributed by atoms with Gasteiger partial charge in [0.15, 0.2) is 0 Å². The summed E-state index contributed by atoms with van der Waals surface area (Å²) in [5, 5.41) is 7.79. The molecule has 1 N–H and O–H groups in total. The van der Waals surface area contributed by atoms with Crippen LogP contribution < -0.4 is 5.32 Å². The lowest BCUT2D eigenvalue weighted by molar-refractivity contribution is 0.469. The van der Waals surface area contributed by atoms with E-state index in [9.17, 15) is 0 Å². The van der Waals surface area contributed by atoms with Crippen molar-refractivity contribution < 1.29 is 0 Å². The molecule has 1 aromatic heterocycles. The van der Waals surface area contributed by atoms with Crippen molar-refractivity contribution in [2.75, 3.05) is 0 Å². The maximum Gasteiger partial charge on any atom is 0.0522 e. The second-order valence-corrected chi connectivity index (χ2v) is 5.12. The maximum atomic E-state index is 4.37. The Balaban J connectivity index is 2.38. The van der Waals surface area contributed by atoms with Gasteiger partial charge in [-0.2, -0.15) is 5.10 Å². The van der Waals surface area contributed by atoms with Crippen LogP contribution in [0.2, 0.25) is 0 Å². The third kappa shape index (κ3) is 4.79. The first kappa shape index (κ1) is 13.2. The van der Waals surface area contributed by atoms with Crippen LogP contribution in [0, 0.1) is 5.92 Å². The molecule has 3 heteroatoms. The normalized spacial score (nSPS) is 11.6. The van der Waals surface area contributed by atoms with E-state index >= 15 is 0 Å². The van der Waals surface area contributed by atoms with Gasteiger partial charge in [0.25, 0.3) is 0 Å². The second-order valence-electron chi connectivity index (χ2n) is 5.12. The average molecular weight is 223 g/mol. The molecule has 0 fully saturated rings.